The van der Waals surface area contributed by atoms with E-state index in [1.54, 1.807) is 6.92 Å². The quantitative estimate of drug-likeness (QED) is 0.366. The second-order valence-corrected chi connectivity index (χ2v) is 10.5. The first-order valence-electron chi connectivity index (χ1n) is 13.0. The second kappa shape index (κ2) is 11.9. The molecule has 1 fully saturated rings. The Morgan fingerprint density at radius 3 is 2.77 bits per heavy atom. The van der Waals surface area contributed by atoms with Crippen molar-refractivity contribution in [3.8, 4) is 0 Å². The monoisotopic (exact) mass is 545 g/mol. The predicted octanol–water partition coefficient (Wildman–Crippen LogP) is 5.44. The van der Waals surface area contributed by atoms with Crippen LogP contribution in [-0.4, -0.2) is 52.5 Å². The standard InChI is InChI=1S/C30H31N3O5S/c1-3-37-30(36)27-28(35)25(39-29(27)32-21-12-10-19(2)11-13-21)15-20-17-33(24-9-5-4-8-23(20)24)18-26(34)31-16-22-7-6-14-38-22/h4-5,8-13,15,17,22,35H,3,6-7,14,16,18H2,1-2H3,(H,31,34)/b25-15+,32-29?/t22-/m0/s1. The van der Waals surface area contributed by atoms with Crippen LogP contribution in [0.4, 0.5) is 5.69 Å². The number of para-hydroxylation sites is 1. The smallest absolute Gasteiger partial charge is 0.344 e. The molecule has 0 unspecified atom stereocenters. The number of rotatable bonds is 8. The van der Waals surface area contributed by atoms with Crippen LogP contribution >= 0.6 is 11.8 Å². The van der Waals surface area contributed by atoms with Crippen LogP contribution in [0.5, 0.6) is 0 Å². The van der Waals surface area contributed by atoms with Crippen molar-refractivity contribution in [1.29, 1.82) is 0 Å². The van der Waals surface area contributed by atoms with Crippen LogP contribution < -0.4 is 5.32 Å². The van der Waals surface area contributed by atoms with Crippen LogP contribution in [0.1, 0.15) is 30.9 Å². The minimum Gasteiger partial charge on any atom is -0.506 e. The van der Waals surface area contributed by atoms with Crippen LogP contribution in [-0.2, 0) is 25.6 Å². The Morgan fingerprint density at radius 2 is 2.03 bits per heavy atom. The van der Waals surface area contributed by atoms with E-state index in [-0.39, 0.29) is 36.5 Å². The van der Waals surface area contributed by atoms with E-state index < -0.39 is 5.97 Å². The van der Waals surface area contributed by atoms with Crippen molar-refractivity contribution in [3.05, 3.63) is 82.1 Å². The van der Waals surface area contributed by atoms with Crippen LogP contribution in [0.15, 0.2) is 76.0 Å². The molecule has 0 radical (unpaired) electrons. The van der Waals surface area contributed by atoms with E-state index in [2.05, 4.69) is 10.3 Å². The van der Waals surface area contributed by atoms with Crippen molar-refractivity contribution < 1.29 is 24.2 Å². The van der Waals surface area contributed by atoms with Gasteiger partial charge in [-0.05, 0) is 51.0 Å². The molecule has 1 saturated heterocycles. The summed E-state index contributed by atoms with van der Waals surface area (Å²) < 4.78 is 12.7. The number of hydrogen-bond donors (Lipinski definition) is 2. The number of benzene rings is 2. The molecular weight excluding hydrogens is 514 g/mol. The third-order valence-corrected chi connectivity index (χ3v) is 7.63. The third kappa shape index (κ3) is 6.10. The Bertz CT molecular complexity index is 1480. The number of hydrogen-bond acceptors (Lipinski definition) is 7. The highest BCUT2D eigenvalue weighted by Gasteiger charge is 2.33. The molecule has 2 aliphatic heterocycles. The van der Waals surface area contributed by atoms with E-state index in [0.29, 0.717) is 22.2 Å². The zero-order valence-corrected chi connectivity index (χ0v) is 22.8. The molecule has 1 amide bonds. The minimum atomic E-state index is -0.623. The number of nitrogens with zero attached hydrogens (tertiary/aromatic N) is 2. The van der Waals surface area contributed by atoms with Crippen molar-refractivity contribution in [2.45, 2.75) is 39.3 Å². The summed E-state index contributed by atoms with van der Waals surface area (Å²) in [5.74, 6) is -0.891. The number of carbonyl (C=O) groups excluding carboxylic acids is 2. The molecule has 202 valence electrons. The molecule has 5 rings (SSSR count). The van der Waals surface area contributed by atoms with Crippen molar-refractivity contribution in [2.75, 3.05) is 19.8 Å². The molecule has 1 aromatic heterocycles. The van der Waals surface area contributed by atoms with Gasteiger partial charge in [-0.1, -0.05) is 47.7 Å². The van der Waals surface area contributed by atoms with E-state index >= 15 is 0 Å². The lowest BCUT2D eigenvalue weighted by atomic mass is 10.1. The lowest BCUT2D eigenvalue weighted by molar-refractivity contribution is -0.138. The van der Waals surface area contributed by atoms with Gasteiger partial charge in [0.2, 0.25) is 5.91 Å². The lowest BCUT2D eigenvalue weighted by Gasteiger charge is -2.11. The molecule has 1 atom stereocenters. The summed E-state index contributed by atoms with van der Waals surface area (Å²) in [6, 6.07) is 15.4. The number of amides is 1. The number of nitrogens with one attached hydrogen (secondary N) is 1. The number of esters is 1. The van der Waals surface area contributed by atoms with Gasteiger partial charge in [0.1, 0.15) is 22.9 Å². The first-order chi connectivity index (χ1) is 18.9. The van der Waals surface area contributed by atoms with E-state index in [4.69, 9.17) is 9.47 Å². The second-order valence-electron chi connectivity index (χ2n) is 9.48. The summed E-state index contributed by atoms with van der Waals surface area (Å²) >= 11 is 1.21. The van der Waals surface area contributed by atoms with Crippen molar-refractivity contribution in [3.63, 3.8) is 0 Å². The summed E-state index contributed by atoms with van der Waals surface area (Å²) in [7, 11) is 0. The molecule has 2 aliphatic rings. The summed E-state index contributed by atoms with van der Waals surface area (Å²) in [5.41, 5.74) is 3.52. The van der Waals surface area contributed by atoms with Crippen LogP contribution in [0, 0.1) is 6.92 Å². The first kappa shape index (κ1) is 26.8. The summed E-state index contributed by atoms with van der Waals surface area (Å²) in [6.07, 6.45) is 5.77. The molecule has 0 bridgehead atoms. The average molecular weight is 546 g/mol. The fraction of sp³-hybridized carbons (Fsp3) is 0.300. The number of carbonyl (C=O) groups is 2. The van der Waals surface area contributed by atoms with Gasteiger partial charge in [-0.15, -0.1) is 0 Å². The number of aliphatic imine (C=N–C) groups is 1. The number of aryl methyl sites for hydroxylation is 1. The highest BCUT2D eigenvalue weighted by Crippen LogP contribution is 2.41. The molecule has 0 aliphatic carbocycles. The fourth-order valence-electron chi connectivity index (χ4n) is 4.63. The SMILES string of the molecule is CCOC(=O)C1=C(O)/C(=C\c2cn(CC(=O)NC[C@@H]3CCCO3)c3ccccc23)SC1=Nc1ccc(C)cc1. The Balaban J connectivity index is 1.45. The molecule has 9 heteroatoms. The molecule has 2 aromatic carbocycles. The van der Waals surface area contributed by atoms with Gasteiger partial charge in [0.25, 0.3) is 0 Å². The normalized spacial score (nSPS) is 19.4. The van der Waals surface area contributed by atoms with Gasteiger partial charge >= 0.3 is 5.97 Å². The fourth-order valence-corrected chi connectivity index (χ4v) is 5.66. The van der Waals surface area contributed by atoms with Crippen molar-refractivity contribution in [1.82, 2.24) is 9.88 Å². The van der Waals surface area contributed by atoms with Gasteiger partial charge in [-0.3, -0.25) is 4.79 Å². The van der Waals surface area contributed by atoms with E-state index in [1.165, 1.54) is 11.8 Å². The van der Waals surface area contributed by atoms with Gasteiger partial charge in [-0.25, -0.2) is 9.79 Å². The highest BCUT2D eigenvalue weighted by molar-refractivity contribution is 8.18. The van der Waals surface area contributed by atoms with Gasteiger partial charge in [0.05, 0.1) is 23.3 Å². The van der Waals surface area contributed by atoms with Crippen molar-refractivity contribution >= 4 is 51.3 Å². The average Bonchev–Trinajstić information content (AvgIpc) is 3.64. The minimum absolute atomic E-state index is 0.0472. The number of ether oxygens (including phenoxy) is 2. The molecule has 0 spiro atoms. The van der Waals surface area contributed by atoms with Gasteiger partial charge in [0.15, 0.2) is 0 Å². The number of aliphatic hydroxyl groups excluding tert-OH is 1. The molecular formula is C30H31N3O5S. The summed E-state index contributed by atoms with van der Waals surface area (Å²) in [4.78, 5) is 30.6. The molecule has 3 aromatic rings. The van der Waals surface area contributed by atoms with Gasteiger partial charge < -0.3 is 24.5 Å². The first-order valence-corrected chi connectivity index (χ1v) is 13.9. The van der Waals surface area contributed by atoms with Gasteiger partial charge in [-0.2, -0.15) is 0 Å². The Hall–Kier alpha value is -3.82. The zero-order valence-electron chi connectivity index (χ0n) is 22.0. The maximum atomic E-state index is 12.8. The highest BCUT2D eigenvalue weighted by atomic mass is 32.2. The molecule has 39 heavy (non-hydrogen) atoms. The van der Waals surface area contributed by atoms with Crippen LogP contribution in [0.2, 0.25) is 0 Å². The van der Waals surface area contributed by atoms with E-state index in [0.717, 1.165) is 41.5 Å². The summed E-state index contributed by atoms with van der Waals surface area (Å²) in [6.45, 7) is 5.29. The maximum absolute atomic E-state index is 12.8. The van der Waals surface area contributed by atoms with Gasteiger partial charge in [0, 0.05) is 35.8 Å². The van der Waals surface area contributed by atoms with Crippen LogP contribution in [0.3, 0.4) is 0 Å². The predicted molar refractivity (Wildman–Crippen MR) is 154 cm³/mol. The Morgan fingerprint density at radius 1 is 1.23 bits per heavy atom. The van der Waals surface area contributed by atoms with E-state index in [1.807, 2.05) is 72.3 Å². The zero-order chi connectivity index (χ0) is 27.4. The number of fused-ring (bicyclic) bond motifs is 1. The largest absolute Gasteiger partial charge is 0.506 e. The van der Waals surface area contributed by atoms with E-state index in [9.17, 15) is 14.7 Å². The topological polar surface area (TPSA) is 102 Å². The Kier molecular flexibility index (Phi) is 8.18. The maximum Gasteiger partial charge on any atom is 0.344 e. The number of aliphatic hydroxyl groups is 1. The Labute approximate surface area is 231 Å². The number of aromatic nitrogens is 1. The van der Waals surface area contributed by atoms with Crippen LogP contribution in [0.25, 0.3) is 17.0 Å². The van der Waals surface area contributed by atoms with Crippen molar-refractivity contribution in [2.24, 2.45) is 4.99 Å². The molecule has 0 saturated carbocycles. The number of thioether (sulfide) groups is 1. The lowest BCUT2D eigenvalue weighted by Crippen LogP contribution is -2.34. The summed E-state index contributed by atoms with van der Waals surface area (Å²) in [5, 5.41) is 15.4. The molecule has 3 heterocycles. The third-order valence-electron chi connectivity index (χ3n) is 6.61. The molecule has 8 nitrogen and oxygen atoms in total. The molecule has 2 N–H and O–H groups in total.